The lowest BCUT2D eigenvalue weighted by Gasteiger charge is -1.88. The second kappa shape index (κ2) is 4.25. The van der Waals surface area contributed by atoms with Crippen molar-refractivity contribution >= 4 is 61.7 Å². The monoisotopic (exact) mass is 277 g/mol. The van der Waals surface area contributed by atoms with E-state index in [1.807, 2.05) is 18.2 Å². The van der Waals surface area contributed by atoms with Gasteiger partial charge in [0, 0.05) is 9.58 Å². The van der Waals surface area contributed by atoms with Gasteiger partial charge in [0.2, 0.25) is 0 Å². The summed E-state index contributed by atoms with van der Waals surface area (Å²) in [6, 6.07) is 10.3. The highest BCUT2D eigenvalue weighted by Gasteiger charge is 2.22. The van der Waals surface area contributed by atoms with Crippen molar-refractivity contribution in [3.8, 4) is 0 Å². The number of benzene rings is 1. The van der Waals surface area contributed by atoms with E-state index >= 15 is 0 Å². The first-order valence-electron chi connectivity index (χ1n) is 4.96. The average molecular weight is 277 g/mol. The van der Waals surface area contributed by atoms with Crippen molar-refractivity contribution in [2.75, 3.05) is 0 Å². The van der Waals surface area contributed by atoms with Gasteiger partial charge in [0.05, 0.1) is 4.91 Å². The first-order chi connectivity index (χ1) is 8.22. The summed E-state index contributed by atoms with van der Waals surface area (Å²) in [5, 5.41) is 3.82. The number of thiocarbonyl (C=S) groups is 1. The number of thioether (sulfide) groups is 1. The summed E-state index contributed by atoms with van der Waals surface area (Å²) in [7, 11) is 0. The third-order valence-corrected chi connectivity index (χ3v) is 4.59. The van der Waals surface area contributed by atoms with Gasteiger partial charge in [0.15, 0.2) is 0 Å². The number of hydrogen-bond acceptors (Lipinski definition) is 4. The molecule has 1 aromatic heterocycles. The molecule has 1 amide bonds. The lowest BCUT2D eigenvalue weighted by atomic mass is 10.2. The lowest BCUT2D eigenvalue weighted by Crippen LogP contribution is -2.17. The minimum atomic E-state index is -0.0996. The van der Waals surface area contributed by atoms with Gasteiger partial charge in [-0.05, 0) is 23.6 Å². The van der Waals surface area contributed by atoms with Gasteiger partial charge < -0.3 is 5.32 Å². The predicted octanol–water partition coefficient (Wildman–Crippen LogP) is 3.39. The van der Waals surface area contributed by atoms with Crippen molar-refractivity contribution < 1.29 is 4.79 Å². The summed E-state index contributed by atoms with van der Waals surface area (Å²) in [5.74, 6) is -0.0996. The van der Waals surface area contributed by atoms with Crippen LogP contribution >= 0.6 is 35.3 Å². The van der Waals surface area contributed by atoms with Gasteiger partial charge in [0.25, 0.3) is 5.91 Å². The van der Waals surface area contributed by atoms with E-state index in [0.29, 0.717) is 9.23 Å². The minimum Gasteiger partial charge on any atom is -0.307 e. The van der Waals surface area contributed by atoms with Gasteiger partial charge in [-0.1, -0.05) is 42.2 Å². The number of carbonyl (C=O) groups excluding carboxylic acids is 1. The molecule has 1 aliphatic heterocycles. The Bertz CT molecular complexity index is 624. The Morgan fingerprint density at radius 3 is 2.82 bits per heavy atom. The molecule has 0 saturated carbocycles. The summed E-state index contributed by atoms with van der Waals surface area (Å²) in [5.41, 5.74) is 0. The highest BCUT2D eigenvalue weighted by Crippen LogP contribution is 2.31. The van der Waals surface area contributed by atoms with Crippen molar-refractivity contribution in [3.05, 3.63) is 40.1 Å². The van der Waals surface area contributed by atoms with Crippen molar-refractivity contribution in [3.63, 3.8) is 0 Å². The number of carbonyl (C=O) groups is 1. The molecule has 17 heavy (non-hydrogen) atoms. The Balaban J connectivity index is 2.02. The van der Waals surface area contributed by atoms with Crippen molar-refractivity contribution in [2.45, 2.75) is 0 Å². The Labute approximate surface area is 112 Å². The van der Waals surface area contributed by atoms with Crippen LogP contribution in [-0.2, 0) is 4.79 Å². The normalized spacial score (nSPS) is 18.0. The topological polar surface area (TPSA) is 29.1 Å². The number of nitrogens with one attached hydrogen (secondary N) is 1. The third kappa shape index (κ3) is 2.13. The van der Waals surface area contributed by atoms with Gasteiger partial charge in [0.1, 0.15) is 4.32 Å². The molecule has 0 aliphatic carbocycles. The zero-order valence-corrected chi connectivity index (χ0v) is 11.0. The van der Waals surface area contributed by atoms with Crippen LogP contribution in [-0.4, -0.2) is 10.2 Å². The average Bonchev–Trinajstić information content (AvgIpc) is 2.82. The van der Waals surface area contributed by atoms with E-state index in [4.69, 9.17) is 12.2 Å². The first kappa shape index (κ1) is 11.0. The molecule has 0 bridgehead atoms. The maximum absolute atomic E-state index is 11.5. The van der Waals surface area contributed by atoms with E-state index in [9.17, 15) is 4.79 Å². The zero-order valence-electron chi connectivity index (χ0n) is 8.60. The van der Waals surface area contributed by atoms with Crippen LogP contribution in [0.5, 0.6) is 0 Å². The fourth-order valence-electron chi connectivity index (χ4n) is 1.62. The smallest absolute Gasteiger partial charge is 0.263 e. The van der Waals surface area contributed by atoms with Crippen LogP contribution in [0.4, 0.5) is 0 Å². The molecule has 5 heteroatoms. The summed E-state index contributed by atoms with van der Waals surface area (Å²) in [4.78, 5) is 13.3. The van der Waals surface area contributed by atoms with E-state index in [1.54, 1.807) is 11.3 Å². The number of fused-ring (bicyclic) bond motifs is 1. The molecule has 1 fully saturated rings. The van der Waals surface area contributed by atoms with Crippen molar-refractivity contribution in [2.24, 2.45) is 0 Å². The standard InChI is InChI=1S/C12H7NOS3/c14-11-10(17-12(15)13-11)6-8-5-7-3-1-2-4-9(7)16-8/h1-6H,(H,13,14,15)/b10-6-. The molecule has 1 saturated heterocycles. The number of amides is 1. The van der Waals surface area contributed by atoms with Crippen molar-refractivity contribution in [1.29, 1.82) is 0 Å². The number of rotatable bonds is 1. The van der Waals surface area contributed by atoms with E-state index in [1.165, 1.54) is 21.8 Å². The Hall–Kier alpha value is -1.17. The molecular formula is C12H7NOS3. The summed E-state index contributed by atoms with van der Waals surface area (Å²) >= 11 is 7.94. The molecule has 1 aliphatic rings. The quantitative estimate of drug-likeness (QED) is 0.640. The molecule has 2 heterocycles. The molecule has 0 atom stereocenters. The largest absolute Gasteiger partial charge is 0.307 e. The third-order valence-electron chi connectivity index (χ3n) is 2.36. The highest BCUT2D eigenvalue weighted by molar-refractivity contribution is 8.26. The number of thiophene rings is 1. The molecule has 2 aromatic rings. The maximum atomic E-state index is 11.5. The summed E-state index contributed by atoms with van der Waals surface area (Å²) in [6.07, 6.45) is 1.89. The predicted molar refractivity (Wildman–Crippen MR) is 78.1 cm³/mol. The summed E-state index contributed by atoms with van der Waals surface area (Å²) < 4.78 is 1.76. The van der Waals surface area contributed by atoms with Crippen LogP contribution in [0.2, 0.25) is 0 Å². The van der Waals surface area contributed by atoms with E-state index in [0.717, 1.165) is 4.88 Å². The fourth-order valence-corrected chi connectivity index (χ4v) is 3.74. The molecule has 2 nitrogen and oxygen atoms in total. The van der Waals surface area contributed by atoms with Crippen LogP contribution in [0, 0.1) is 0 Å². The number of hydrogen-bond donors (Lipinski definition) is 1. The Morgan fingerprint density at radius 2 is 2.12 bits per heavy atom. The van der Waals surface area contributed by atoms with Crippen LogP contribution < -0.4 is 5.32 Å². The fraction of sp³-hybridized carbons (Fsp3) is 0. The van der Waals surface area contributed by atoms with Crippen LogP contribution in [0.15, 0.2) is 35.2 Å². The second-order valence-electron chi connectivity index (χ2n) is 3.54. The Kier molecular flexibility index (Phi) is 2.74. The molecular weight excluding hydrogens is 270 g/mol. The van der Waals surface area contributed by atoms with E-state index in [2.05, 4.69) is 23.5 Å². The summed E-state index contributed by atoms with van der Waals surface area (Å²) in [6.45, 7) is 0. The first-order valence-corrected chi connectivity index (χ1v) is 7.00. The zero-order chi connectivity index (χ0) is 11.8. The van der Waals surface area contributed by atoms with Gasteiger partial charge in [-0.15, -0.1) is 11.3 Å². The molecule has 0 unspecified atom stereocenters. The van der Waals surface area contributed by atoms with Crippen LogP contribution in [0.3, 0.4) is 0 Å². The van der Waals surface area contributed by atoms with Gasteiger partial charge in [-0.2, -0.15) is 0 Å². The van der Waals surface area contributed by atoms with Gasteiger partial charge in [-0.25, -0.2) is 0 Å². The molecule has 0 spiro atoms. The van der Waals surface area contributed by atoms with E-state index in [-0.39, 0.29) is 5.91 Å². The SMILES string of the molecule is O=C1NC(=S)S/C1=C\c1cc2ccccc2s1. The highest BCUT2D eigenvalue weighted by atomic mass is 32.2. The molecule has 3 rings (SSSR count). The van der Waals surface area contributed by atoms with Crippen molar-refractivity contribution in [1.82, 2.24) is 5.32 Å². The molecule has 84 valence electrons. The van der Waals surface area contributed by atoms with Crippen LogP contribution in [0.25, 0.3) is 16.2 Å². The maximum Gasteiger partial charge on any atom is 0.263 e. The molecule has 0 radical (unpaired) electrons. The second-order valence-corrected chi connectivity index (χ2v) is 6.37. The van der Waals surface area contributed by atoms with E-state index < -0.39 is 0 Å². The molecule has 1 aromatic carbocycles. The minimum absolute atomic E-state index is 0.0996. The van der Waals surface area contributed by atoms with Crippen LogP contribution in [0.1, 0.15) is 4.88 Å². The lowest BCUT2D eigenvalue weighted by molar-refractivity contribution is -0.115. The molecule has 1 N–H and O–H groups in total. The van der Waals surface area contributed by atoms with Gasteiger partial charge >= 0.3 is 0 Å². The Morgan fingerprint density at radius 1 is 1.29 bits per heavy atom. The van der Waals surface area contributed by atoms with Gasteiger partial charge in [-0.3, -0.25) is 4.79 Å².